The third-order valence-electron chi connectivity index (χ3n) is 7.51. The molecule has 0 aromatic carbocycles. The summed E-state index contributed by atoms with van der Waals surface area (Å²) >= 11 is 0. The lowest BCUT2D eigenvalue weighted by atomic mass is 10.2. The molecule has 212 valence electrons. The van der Waals surface area contributed by atoms with Crippen LogP contribution in [0.1, 0.15) is 30.9 Å². The molecule has 3 fully saturated rings. The van der Waals surface area contributed by atoms with Crippen molar-refractivity contribution in [2.75, 3.05) is 73.4 Å². The van der Waals surface area contributed by atoms with E-state index in [-0.39, 0.29) is 18.6 Å². The van der Waals surface area contributed by atoms with E-state index in [4.69, 9.17) is 19.7 Å². The summed E-state index contributed by atoms with van der Waals surface area (Å²) in [6.45, 7) is 4.18. The topological polar surface area (TPSA) is 173 Å². The zero-order valence-corrected chi connectivity index (χ0v) is 22.4. The van der Waals surface area contributed by atoms with E-state index in [1.54, 1.807) is 13.3 Å². The SMILES string of the molecule is CO[C@H]1C[C@@H](C(=O)Nc2cnccn2)N(c2nc(Nc3cc(C4CC4)[nH]n3)nc(N3CCN(CCO)CC3)n2)C1. The van der Waals surface area contributed by atoms with Crippen LogP contribution < -0.4 is 20.4 Å². The number of ether oxygens (including phenoxy) is 1. The second-order valence-corrected chi connectivity index (χ2v) is 10.3. The Labute approximate surface area is 231 Å². The van der Waals surface area contributed by atoms with Crippen LogP contribution in [0.4, 0.5) is 29.5 Å². The molecule has 6 rings (SSSR count). The molecule has 0 radical (unpaired) electrons. The van der Waals surface area contributed by atoms with Crippen molar-refractivity contribution in [2.45, 2.75) is 37.3 Å². The third-order valence-corrected chi connectivity index (χ3v) is 7.51. The van der Waals surface area contributed by atoms with Crippen molar-refractivity contribution in [1.82, 2.24) is 40.0 Å². The highest BCUT2D eigenvalue weighted by Crippen LogP contribution is 2.39. The van der Waals surface area contributed by atoms with E-state index >= 15 is 0 Å². The number of hydrogen-bond acceptors (Lipinski definition) is 13. The number of nitrogens with zero attached hydrogens (tertiary/aromatic N) is 9. The summed E-state index contributed by atoms with van der Waals surface area (Å²) in [6.07, 6.45) is 7.20. The molecular weight excluding hydrogens is 516 g/mol. The third kappa shape index (κ3) is 5.95. The highest BCUT2D eigenvalue weighted by molar-refractivity contribution is 5.96. The number of amides is 1. The number of methoxy groups -OCH3 is 1. The van der Waals surface area contributed by atoms with Crippen LogP contribution in [-0.2, 0) is 9.53 Å². The van der Waals surface area contributed by atoms with Gasteiger partial charge >= 0.3 is 0 Å². The molecule has 0 unspecified atom stereocenters. The second kappa shape index (κ2) is 11.7. The summed E-state index contributed by atoms with van der Waals surface area (Å²) in [4.78, 5) is 42.0. The highest BCUT2D eigenvalue weighted by atomic mass is 16.5. The standard InChI is InChI=1S/C25H34N12O3/c1-40-17-12-19(22(39)28-21-14-26-4-5-27-21)37(15-17)25-31-23(29-20-13-18(33-34-20)16-2-3-16)30-24(32-25)36-8-6-35(7-9-36)10-11-38/h4-5,13-14,16-17,19,38H,2-3,6-12,15H2,1H3,(H,27,28,39)(H2,29,30,31,32,33,34)/t17-,19-/m0/s1. The number of aromatic amines is 1. The summed E-state index contributed by atoms with van der Waals surface area (Å²) in [6, 6.07) is 1.41. The van der Waals surface area contributed by atoms with Crippen molar-refractivity contribution in [2.24, 2.45) is 0 Å². The Kier molecular flexibility index (Phi) is 7.66. The van der Waals surface area contributed by atoms with Crippen LogP contribution in [0, 0.1) is 0 Å². The molecule has 5 heterocycles. The molecule has 15 heteroatoms. The van der Waals surface area contributed by atoms with Gasteiger partial charge in [-0.25, -0.2) is 4.98 Å². The van der Waals surface area contributed by atoms with Gasteiger partial charge in [0.1, 0.15) is 6.04 Å². The summed E-state index contributed by atoms with van der Waals surface area (Å²) in [5, 5.41) is 22.9. The van der Waals surface area contributed by atoms with Crippen LogP contribution in [0.15, 0.2) is 24.7 Å². The predicted molar refractivity (Wildman–Crippen MR) is 147 cm³/mol. The number of carbonyl (C=O) groups excluding carboxylic acids is 1. The minimum absolute atomic E-state index is 0.129. The molecular formula is C25H34N12O3. The molecule has 2 atom stereocenters. The van der Waals surface area contributed by atoms with E-state index in [0.29, 0.717) is 68.0 Å². The monoisotopic (exact) mass is 550 g/mol. The number of aliphatic hydroxyl groups is 1. The minimum atomic E-state index is -0.580. The van der Waals surface area contributed by atoms with Crippen molar-refractivity contribution >= 4 is 35.4 Å². The van der Waals surface area contributed by atoms with Gasteiger partial charge in [-0.05, 0) is 12.8 Å². The fourth-order valence-electron chi connectivity index (χ4n) is 5.12. The number of piperazine rings is 1. The fraction of sp³-hybridized carbons (Fsp3) is 0.560. The Balaban J connectivity index is 1.29. The predicted octanol–water partition coefficient (Wildman–Crippen LogP) is 0.352. The van der Waals surface area contributed by atoms with Crippen LogP contribution >= 0.6 is 0 Å². The normalized spacial score (nSPS) is 21.6. The Bertz CT molecular complexity index is 1300. The molecule has 2 aliphatic heterocycles. The lowest BCUT2D eigenvalue weighted by Crippen LogP contribution is -2.48. The summed E-state index contributed by atoms with van der Waals surface area (Å²) in [7, 11) is 1.64. The average Bonchev–Trinajstić information content (AvgIpc) is 3.56. The summed E-state index contributed by atoms with van der Waals surface area (Å²) in [5.74, 6) is 2.54. The number of aliphatic hydroxyl groups excluding tert-OH is 1. The van der Waals surface area contributed by atoms with E-state index in [0.717, 1.165) is 31.6 Å². The van der Waals surface area contributed by atoms with Crippen molar-refractivity contribution in [1.29, 1.82) is 0 Å². The number of aromatic nitrogens is 7. The Hall–Kier alpha value is -3.95. The van der Waals surface area contributed by atoms with Crippen molar-refractivity contribution in [3.63, 3.8) is 0 Å². The van der Waals surface area contributed by atoms with Crippen LogP contribution in [0.3, 0.4) is 0 Å². The Morgan fingerprint density at radius 1 is 1.12 bits per heavy atom. The fourth-order valence-corrected chi connectivity index (χ4v) is 5.12. The van der Waals surface area contributed by atoms with Crippen LogP contribution in [-0.4, -0.2) is 116 Å². The molecule has 40 heavy (non-hydrogen) atoms. The van der Waals surface area contributed by atoms with Gasteiger partial charge < -0.3 is 30.3 Å². The molecule has 1 amide bonds. The molecule has 2 saturated heterocycles. The van der Waals surface area contributed by atoms with Crippen molar-refractivity contribution in [3.8, 4) is 0 Å². The number of hydrogen-bond donors (Lipinski definition) is 4. The lowest BCUT2D eigenvalue weighted by molar-refractivity contribution is -0.117. The van der Waals surface area contributed by atoms with Gasteiger partial charge in [0.15, 0.2) is 11.6 Å². The minimum Gasteiger partial charge on any atom is -0.395 e. The van der Waals surface area contributed by atoms with Gasteiger partial charge in [0.05, 0.1) is 18.9 Å². The zero-order chi connectivity index (χ0) is 27.5. The first-order valence-electron chi connectivity index (χ1n) is 13.6. The summed E-state index contributed by atoms with van der Waals surface area (Å²) < 4.78 is 5.64. The molecule has 3 aromatic heterocycles. The summed E-state index contributed by atoms with van der Waals surface area (Å²) in [5.41, 5.74) is 1.10. The van der Waals surface area contributed by atoms with Gasteiger partial charge in [-0.2, -0.15) is 20.1 Å². The van der Waals surface area contributed by atoms with Gasteiger partial charge in [-0.3, -0.25) is 19.8 Å². The maximum Gasteiger partial charge on any atom is 0.248 e. The van der Waals surface area contributed by atoms with Crippen LogP contribution in [0.25, 0.3) is 0 Å². The van der Waals surface area contributed by atoms with Crippen LogP contribution in [0.5, 0.6) is 0 Å². The van der Waals surface area contributed by atoms with Gasteiger partial charge in [0.2, 0.25) is 23.8 Å². The Morgan fingerprint density at radius 2 is 1.95 bits per heavy atom. The van der Waals surface area contributed by atoms with E-state index in [1.165, 1.54) is 12.4 Å². The maximum absolute atomic E-state index is 13.4. The van der Waals surface area contributed by atoms with Gasteiger partial charge in [-0.1, -0.05) is 0 Å². The number of carbonyl (C=O) groups is 1. The van der Waals surface area contributed by atoms with E-state index in [1.807, 2.05) is 11.0 Å². The zero-order valence-electron chi connectivity index (χ0n) is 22.4. The largest absolute Gasteiger partial charge is 0.395 e. The molecule has 3 aromatic rings. The molecule has 1 saturated carbocycles. The molecule has 0 spiro atoms. The number of H-pyrrole nitrogens is 1. The van der Waals surface area contributed by atoms with Crippen molar-refractivity contribution in [3.05, 3.63) is 30.4 Å². The smallest absolute Gasteiger partial charge is 0.248 e. The number of anilines is 5. The van der Waals surface area contributed by atoms with Gasteiger partial charge in [-0.15, -0.1) is 0 Å². The first kappa shape index (κ1) is 26.3. The van der Waals surface area contributed by atoms with Crippen molar-refractivity contribution < 1.29 is 14.6 Å². The Morgan fingerprint density at radius 3 is 2.67 bits per heavy atom. The number of rotatable bonds is 10. The van der Waals surface area contributed by atoms with E-state index in [2.05, 4.69) is 40.6 Å². The van der Waals surface area contributed by atoms with Crippen LogP contribution in [0.2, 0.25) is 0 Å². The number of β-amino-alcohol motifs (C(OH)–C–C–N with tert-alkyl or cyclic N) is 1. The number of nitrogens with one attached hydrogen (secondary N) is 3. The molecule has 3 aliphatic rings. The lowest BCUT2D eigenvalue weighted by Gasteiger charge is -2.34. The van der Waals surface area contributed by atoms with E-state index in [9.17, 15) is 9.90 Å². The first-order valence-corrected chi connectivity index (χ1v) is 13.6. The van der Waals surface area contributed by atoms with Gasteiger partial charge in [0.25, 0.3) is 0 Å². The first-order chi connectivity index (χ1) is 19.6. The maximum atomic E-state index is 13.4. The second-order valence-electron chi connectivity index (χ2n) is 10.3. The van der Waals surface area contributed by atoms with Gasteiger partial charge in [0, 0.05) is 82.9 Å². The van der Waals surface area contributed by atoms with E-state index < -0.39 is 6.04 Å². The molecule has 1 aliphatic carbocycles. The molecule has 0 bridgehead atoms. The molecule has 4 N–H and O–H groups in total. The average molecular weight is 551 g/mol. The highest BCUT2D eigenvalue weighted by Gasteiger charge is 2.39. The quantitative estimate of drug-likeness (QED) is 0.273. The molecule has 15 nitrogen and oxygen atoms in total.